The minimum absolute atomic E-state index is 0.165. The van der Waals surface area contributed by atoms with Crippen molar-refractivity contribution in [2.75, 3.05) is 13.1 Å². The molecule has 4 heteroatoms. The fraction of sp³-hybridized carbons (Fsp3) is 0.444. The molecule has 1 aromatic carbocycles. The molecule has 22 heavy (non-hydrogen) atoms. The maximum atomic E-state index is 12.4. The molecule has 0 aliphatic carbocycles. The monoisotopic (exact) mass is 297 g/mol. The Bertz CT molecular complexity index is 598. The molecule has 4 nitrogen and oxygen atoms in total. The number of imidazole rings is 1. The Morgan fingerprint density at radius 1 is 1.23 bits per heavy atom. The number of benzene rings is 1. The van der Waals surface area contributed by atoms with Gasteiger partial charge in [0.05, 0.1) is 12.4 Å². The molecule has 0 saturated carbocycles. The van der Waals surface area contributed by atoms with Crippen LogP contribution in [-0.2, 0) is 0 Å². The van der Waals surface area contributed by atoms with Crippen molar-refractivity contribution in [1.29, 1.82) is 0 Å². The summed E-state index contributed by atoms with van der Waals surface area (Å²) in [7, 11) is 0. The molecule has 1 atom stereocenters. The van der Waals surface area contributed by atoms with E-state index in [4.69, 9.17) is 0 Å². The molecule has 0 N–H and O–H groups in total. The minimum atomic E-state index is 0.165. The molecule has 2 aromatic rings. The Morgan fingerprint density at radius 3 is 2.55 bits per heavy atom. The second-order valence-corrected chi connectivity index (χ2v) is 5.94. The summed E-state index contributed by atoms with van der Waals surface area (Å²) in [6.45, 7) is 3.98. The van der Waals surface area contributed by atoms with Gasteiger partial charge in [-0.1, -0.05) is 25.5 Å². The van der Waals surface area contributed by atoms with Gasteiger partial charge in [-0.05, 0) is 37.0 Å². The number of nitrogens with zero attached hydrogens (tertiary/aromatic N) is 3. The first kappa shape index (κ1) is 14.8. The third kappa shape index (κ3) is 3.06. The molecule has 1 saturated heterocycles. The minimum Gasteiger partial charge on any atom is -0.339 e. The summed E-state index contributed by atoms with van der Waals surface area (Å²) < 4.78 is 2.14. The number of amides is 1. The van der Waals surface area contributed by atoms with Crippen LogP contribution in [0.2, 0.25) is 0 Å². The Morgan fingerprint density at radius 2 is 1.95 bits per heavy atom. The molecule has 1 fully saturated rings. The molecule has 1 aliphatic heterocycles. The summed E-state index contributed by atoms with van der Waals surface area (Å²) in [5.74, 6) is 0.165. The maximum absolute atomic E-state index is 12.4. The van der Waals surface area contributed by atoms with Crippen LogP contribution in [0.25, 0.3) is 0 Å². The van der Waals surface area contributed by atoms with Gasteiger partial charge in [-0.25, -0.2) is 4.98 Å². The number of rotatable bonds is 5. The van der Waals surface area contributed by atoms with Gasteiger partial charge in [-0.15, -0.1) is 0 Å². The predicted molar refractivity (Wildman–Crippen MR) is 86.9 cm³/mol. The molecule has 0 spiro atoms. The first-order valence-corrected chi connectivity index (χ1v) is 8.16. The molecule has 0 radical (unpaired) electrons. The molecule has 1 aromatic heterocycles. The summed E-state index contributed by atoms with van der Waals surface area (Å²) in [4.78, 5) is 18.5. The van der Waals surface area contributed by atoms with Crippen molar-refractivity contribution in [2.45, 2.75) is 38.6 Å². The number of carbonyl (C=O) groups is 1. The van der Waals surface area contributed by atoms with Crippen LogP contribution < -0.4 is 0 Å². The van der Waals surface area contributed by atoms with Crippen LogP contribution in [0.4, 0.5) is 0 Å². The van der Waals surface area contributed by atoms with Crippen molar-refractivity contribution in [3.8, 4) is 0 Å². The molecule has 2 heterocycles. The highest BCUT2D eigenvalue weighted by molar-refractivity contribution is 5.94. The van der Waals surface area contributed by atoms with Crippen LogP contribution in [-0.4, -0.2) is 33.4 Å². The van der Waals surface area contributed by atoms with Crippen molar-refractivity contribution < 1.29 is 4.79 Å². The summed E-state index contributed by atoms with van der Waals surface area (Å²) >= 11 is 0. The van der Waals surface area contributed by atoms with Gasteiger partial charge in [0.1, 0.15) is 0 Å². The smallest absolute Gasteiger partial charge is 0.253 e. The third-order valence-corrected chi connectivity index (χ3v) is 4.38. The van der Waals surface area contributed by atoms with E-state index in [1.54, 1.807) is 0 Å². The summed E-state index contributed by atoms with van der Waals surface area (Å²) in [5, 5.41) is 0. The van der Waals surface area contributed by atoms with Crippen molar-refractivity contribution in [3.05, 3.63) is 54.1 Å². The van der Waals surface area contributed by atoms with Crippen LogP contribution in [0.3, 0.4) is 0 Å². The van der Waals surface area contributed by atoms with Gasteiger partial charge >= 0.3 is 0 Å². The van der Waals surface area contributed by atoms with E-state index >= 15 is 0 Å². The quantitative estimate of drug-likeness (QED) is 0.847. The van der Waals surface area contributed by atoms with Crippen molar-refractivity contribution in [2.24, 2.45) is 0 Å². The van der Waals surface area contributed by atoms with Gasteiger partial charge in [0.25, 0.3) is 5.91 Å². The van der Waals surface area contributed by atoms with Gasteiger partial charge in [-0.3, -0.25) is 4.79 Å². The second kappa shape index (κ2) is 6.77. The molecule has 3 rings (SSSR count). The fourth-order valence-corrected chi connectivity index (χ4v) is 3.17. The normalized spacial score (nSPS) is 16.0. The lowest BCUT2D eigenvalue weighted by molar-refractivity contribution is 0.0793. The summed E-state index contributed by atoms with van der Waals surface area (Å²) in [6.07, 6.45) is 10.1. The Kier molecular flexibility index (Phi) is 4.56. The van der Waals surface area contributed by atoms with E-state index in [0.29, 0.717) is 6.04 Å². The van der Waals surface area contributed by atoms with Gasteiger partial charge in [0.15, 0.2) is 0 Å². The van der Waals surface area contributed by atoms with E-state index in [2.05, 4.69) is 28.6 Å². The van der Waals surface area contributed by atoms with Crippen LogP contribution in [0.15, 0.2) is 43.0 Å². The predicted octanol–water partition coefficient (Wildman–Crippen LogP) is 3.51. The van der Waals surface area contributed by atoms with Crippen molar-refractivity contribution in [1.82, 2.24) is 14.5 Å². The number of aromatic nitrogens is 2. The zero-order chi connectivity index (χ0) is 15.4. The average Bonchev–Trinajstić information content (AvgIpc) is 3.25. The zero-order valence-corrected chi connectivity index (χ0v) is 13.1. The number of likely N-dealkylation sites (tertiary alicyclic amines) is 1. The van der Waals surface area contributed by atoms with Crippen molar-refractivity contribution in [3.63, 3.8) is 0 Å². The fourth-order valence-electron chi connectivity index (χ4n) is 3.17. The molecular weight excluding hydrogens is 274 g/mol. The van der Waals surface area contributed by atoms with E-state index in [1.165, 1.54) is 5.56 Å². The Balaban J connectivity index is 1.78. The zero-order valence-electron chi connectivity index (χ0n) is 13.1. The lowest BCUT2D eigenvalue weighted by Gasteiger charge is -2.19. The van der Waals surface area contributed by atoms with E-state index in [9.17, 15) is 4.79 Å². The standard InChI is InChI=1S/C18H23N3O/c1-2-5-17(21-13-10-19-14-21)15-6-8-16(9-7-15)18(22)20-11-3-4-12-20/h6-10,13-14,17H,2-5,11-12H2,1H3. The van der Waals surface area contributed by atoms with Crippen molar-refractivity contribution >= 4 is 5.91 Å². The first-order chi connectivity index (χ1) is 10.8. The largest absolute Gasteiger partial charge is 0.339 e. The van der Waals surface area contributed by atoms with Crippen LogP contribution >= 0.6 is 0 Å². The summed E-state index contributed by atoms with van der Waals surface area (Å²) in [6, 6.07) is 8.40. The number of hydrogen-bond acceptors (Lipinski definition) is 2. The maximum Gasteiger partial charge on any atom is 0.253 e. The Labute approximate surface area is 131 Å². The Hall–Kier alpha value is -2.10. The van der Waals surface area contributed by atoms with Gasteiger partial charge in [0.2, 0.25) is 0 Å². The molecular formula is C18H23N3O. The van der Waals surface area contributed by atoms with Gasteiger partial charge in [0, 0.05) is 31.0 Å². The highest BCUT2D eigenvalue weighted by atomic mass is 16.2. The lowest BCUT2D eigenvalue weighted by Crippen LogP contribution is -2.27. The highest BCUT2D eigenvalue weighted by Crippen LogP contribution is 2.24. The van der Waals surface area contributed by atoms with E-state index in [1.807, 2.05) is 35.8 Å². The SMILES string of the molecule is CCCC(c1ccc(C(=O)N2CCCC2)cc1)n1ccnc1. The average molecular weight is 297 g/mol. The van der Waals surface area contributed by atoms with Gasteiger partial charge in [-0.2, -0.15) is 0 Å². The van der Waals surface area contributed by atoms with Crippen LogP contribution in [0.5, 0.6) is 0 Å². The summed E-state index contributed by atoms with van der Waals surface area (Å²) in [5.41, 5.74) is 2.03. The van der Waals surface area contributed by atoms with E-state index in [-0.39, 0.29) is 5.91 Å². The van der Waals surface area contributed by atoms with Gasteiger partial charge < -0.3 is 9.47 Å². The number of hydrogen-bond donors (Lipinski definition) is 0. The molecule has 116 valence electrons. The third-order valence-electron chi connectivity index (χ3n) is 4.38. The van der Waals surface area contributed by atoms with E-state index < -0.39 is 0 Å². The molecule has 1 aliphatic rings. The highest BCUT2D eigenvalue weighted by Gasteiger charge is 2.20. The van der Waals surface area contributed by atoms with E-state index in [0.717, 1.165) is 44.3 Å². The molecule has 1 unspecified atom stereocenters. The first-order valence-electron chi connectivity index (χ1n) is 8.16. The molecule has 1 amide bonds. The van der Waals surface area contributed by atoms with Crippen LogP contribution in [0, 0.1) is 0 Å². The van der Waals surface area contributed by atoms with Crippen LogP contribution in [0.1, 0.15) is 54.6 Å². The second-order valence-electron chi connectivity index (χ2n) is 5.94. The number of carbonyl (C=O) groups excluding carboxylic acids is 1. The lowest BCUT2D eigenvalue weighted by atomic mass is 10.0. The topological polar surface area (TPSA) is 38.1 Å². The molecule has 0 bridgehead atoms.